The second-order valence-corrected chi connectivity index (χ2v) is 6.61. The molecule has 0 saturated carbocycles. The van der Waals surface area contributed by atoms with E-state index in [1.807, 2.05) is 37.3 Å². The SMILES string of the molecule is CCc1nc2sc(C)c(-c3ccccc3)c2c(=O)n1CCOC. The van der Waals surface area contributed by atoms with Gasteiger partial charge in [-0.1, -0.05) is 37.3 Å². The number of hydrogen-bond donors (Lipinski definition) is 0. The van der Waals surface area contributed by atoms with Crippen molar-refractivity contribution in [2.75, 3.05) is 13.7 Å². The Morgan fingerprint density at radius 1 is 1.26 bits per heavy atom. The Hall–Kier alpha value is -1.98. The normalized spacial score (nSPS) is 11.3. The van der Waals surface area contributed by atoms with Crippen molar-refractivity contribution in [3.05, 3.63) is 51.4 Å². The van der Waals surface area contributed by atoms with Crippen LogP contribution in [0.4, 0.5) is 0 Å². The van der Waals surface area contributed by atoms with Crippen molar-refractivity contribution in [1.82, 2.24) is 9.55 Å². The van der Waals surface area contributed by atoms with Crippen molar-refractivity contribution >= 4 is 21.6 Å². The third-order valence-corrected chi connectivity index (χ3v) is 4.96. The molecule has 3 rings (SSSR count). The fourth-order valence-electron chi connectivity index (χ4n) is 2.87. The van der Waals surface area contributed by atoms with E-state index in [9.17, 15) is 4.79 Å². The molecule has 0 aliphatic carbocycles. The summed E-state index contributed by atoms with van der Waals surface area (Å²) in [6.45, 7) is 5.11. The maximum Gasteiger partial charge on any atom is 0.262 e. The topological polar surface area (TPSA) is 44.1 Å². The summed E-state index contributed by atoms with van der Waals surface area (Å²) < 4.78 is 6.90. The Labute approximate surface area is 139 Å². The lowest BCUT2D eigenvalue weighted by Crippen LogP contribution is -2.26. The zero-order chi connectivity index (χ0) is 16.4. The van der Waals surface area contributed by atoms with Gasteiger partial charge < -0.3 is 4.74 Å². The number of aromatic nitrogens is 2. The highest BCUT2D eigenvalue weighted by Crippen LogP contribution is 2.35. The van der Waals surface area contributed by atoms with E-state index in [1.54, 1.807) is 23.0 Å². The molecule has 5 heteroatoms. The Bertz CT molecular complexity index is 881. The molecule has 120 valence electrons. The van der Waals surface area contributed by atoms with E-state index in [0.29, 0.717) is 13.2 Å². The minimum Gasteiger partial charge on any atom is -0.383 e. The molecule has 0 bridgehead atoms. The minimum absolute atomic E-state index is 0.0344. The van der Waals surface area contributed by atoms with E-state index in [1.165, 1.54) is 0 Å². The van der Waals surface area contributed by atoms with E-state index < -0.39 is 0 Å². The molecule has 0 radical (unpaired) electrons. The molecule has 0 aliphatic rings. The second-order valence-electron chi connectivity index (χ2n) is 5.41. The summed E-state index contributed by atoms with van der Waals surface area (Å²) in [5.41, 5.74) is 2.11. The molecule has 4 nitrogen and oxygen atoms in total. The number of benzene rings is 1. The van der Waals surface area contributed by atoms with Gasteiger partial charge in [0, 0.05) is 24.0 Å². The van der Waals surface area contributed by atoms with Crippen LogP contribution in [0.25, 0.3) is 21.3 Å². The number of aryl methyl sites for hydroxylation is 2. The third kappa shape index (κ3) is 2.82. The maximum absolute atomic E-state index is 13.1. The lowest BCUT2D eigenvalue weighted by atomic mass is 10.0. The third-order valence-electron chi connectivity index (χ3n) is 3.96. The van der Waals surface area contributed by atoms with E-state index in [0.717, 1.165) is 38.5 Å². The Morgan fingerprint density at radius 2 is 2.00 bits per heavy atom. The van der Waals surface area contributed by atoms with Gasteiger partial charge in [-0.05, 0) is 12.5 Å². The predicted octanol–water partition coefficient (Wildman–Crippen LogP) is 3.64. The maximum atomic E-state index is 13.1. The van der Waals surface area contributed by atoms with Crippen LogP contribution in [0.15, 0.2) is 35.1 Å². The number of rotatable bonds is 5. The van der Waals surface area contributed by atoms with Gasteiger partial charge in [-0.3, -0.25) is 9.36 Å². The lowest BCUT2D eigenvalue weighted by Gasteiger charge is -2.11. The molecular weight excluding hydrogens is 308 g/mol. The second kappa shape index (κ2) is 6.64. The van der Waals surface area contributed by atoms with Crippen molar-refractivity contribution in [3.8, 4) is 11.1 Å². The molecule has 0 amide bonds. The predicted molar refractivity (Wildman–Crippen MR) is 95.3 cm³/mol. The van der Waals surface area contributed by atoms with Gasteiger partial charge in [-0.15, -0.1) is 11.3 Å². The Kier molecular flexibility index (Phi) is 4.59. The van der Waals surface area contributed by atoms with Crippen LogP contribution < -0.4 is 5.56 Å². The van der Waals surface area contributed by atoms with Gasteiger partial charge >= 0.3 is 0 Å². The zero-order valence-corrected chi connectivity index (χ0v) is 14.4. The average Bonchev–Trinajstić information content (AvgIpc) is 2.90. The van der Waals surface area contributed by atoms with E-state index in [-0.39, 0.29) is 5.56 Å². The van der Waals surface area contributed by atoms with Crippen LogP contribution in [0, 0.1) is 6.92 Å². The average molecular weight is 328 g/mol. The van der Waals surface area contributed by atoms with Crippen LogP contribution in [-0.2, 0) is 17.7 Å². The van der Waals surface area contributed by atoms with E-state index >= 15 is 0 Å². The van der Waals surface area contributed by atoms with Crippen molar-refractivity contribution in [2.24, 2.45) is 0 Å². The molecule has 2 heterocycles. The summed E-state index contributed by atoms with van der Waals surface area (Å²) >= 11 is 1.59. The summed E-state index contributed by atoms with van der Waals surface area (Å²) in [7, 11) is 1.65. The van der Waals surface area contributed by atoms with Gasteiger partial charge in [0.2, 0.25) is 0 Å². The summed E-state index contributed by atoms with van der Waals surface area (Å²) in [4.78, 5) is 19.8. The molecule has 0 fully saturated rings. The molecule has 2 aromatic heterocycles. The van der Waals surface area contributed by atoms with Crippen LogP contribution in [-0.4, -0.2) is 23.3 Å². The number of thiophene rings is 1. The van der Waals surface area contributed by atoms with Crippen LogP contribution in [0.5, 0.6) is 0 Å². The van der Waals surface area contributed by atoms with Gasteiger partial charge in [0.1, 0.15) is 10.7 Å². The number of ether oxygens (including phenoxy) is 1. The first kappa shape index (κ1) is 15.9. The molecule has 0 N–H and O–H groups in total. The largest absolute Gasteiger partial charge is 0.383 e. The molecule has 0 aliphatic heterocycles. The fraction of sp³-hybridized carbons (Fsp3) is 0.333. The molecule has 0 spiro atoms. The highest BCUT2D eigenvalue weighted by atomic mass is 32.1. The molecule has 0 unspecified atom stereocenters. The van der Waals surface area contributed by atoms with Crippen LogP contribution >= 0.6 is 11.3 Å². The summed E-state index contributed by atoms with van der Waals surface area (Å²) in [5, 5.41) is 0.729. The highest BCUT2D eigenvalue weighted by Gasteiger charge is 2.18. The first-order valence-corrected chi connectivity index (χ1v) is 8.56. The quantitative estimate of drug-likeness (QED) is 0.718. The fourth-order valence-corrected chi connectivity index (χ4v) is 3.93. The summed E-state index contributed by atoms with van der Waals surface area (Å²) in [6.07, 6.45) is 0.729. The van der Waals surface area contributed by atoms with Gasteiger partial charge in [0.05, 0.1) is 18.5 Å². The van der Waals surface area contributed by atoms with Crippen LogP contribution in [0.3, 0.4) is 0 Å². The molecule has 0 atom stereocenters. The van der Waals surface area contributed by atoms with Crippen LogP contribution in [0.2, 0.25) is 0 Å². The summed E-state index contributed by atoms with van der Waals surface area (Å²) in [5.74, 6) is 0.820. The van der Waals surface area contributed by atoms with Gasteiger partial charge in [0.15, 0.2) is 0 Å². The van der Waals surface area contributed by atoms with Crippen LogP contribution in [0.1, 0.15) is 17.6 Å². The Morgan fingerprint density at radius 3 is 2.65 bits per heavy atom. The first-order valence-electron chi connectivity index (χ1n) is 7.74. The molecule has 1 aromatic carbocycles. The Balaban J connectivity index is 2.31. The van der Waals surface area contributed by atoms with E-state index in [2.05, 4.69) is 6.92 Å². The highest BCUT2D eigenvalue weighted by molar-refractivity contribution is 7.19. The number of nitrogens with zero attached hydrogens (tertiary/aromatic N) is 2. The first-order chi connectivity index (χ1) is 11.2. The van der Waals surface area contributed by atoms with Gasteiger partial charge in [-0.25, -0.2) is 4.98 Å². The molecule has 0 saturated heterocycles. The monoisotopic (exact) mass is 328 g/mol. The minimum atomic E-state index is 0.0344. The lowest BCUT2D eigenvalue weighted by molar-refractivity contribution is 0.185. The molecule has 23 heavy (non-hydrogen) atoms. The van der Waals surface area contributed by atoms with Crippen molar-refractivity contribution < 1.29 is 4.74 Å². The van der Waals surface area contributed by atoms with Crippen molar-refractivity contribution in [1.29, 1.82) is 0 Å². The van der Waals surface area contributed by atoms with Crippen molar-refractivity contribution in [2.45, 2.75) is 26.8 Å². The van der Waals surface area contributed by atoms with Crippen molar-refractivity contribution in [3.63, 3.8) is 0 Å². The summed E-state index contributed by atoms with van der Waals surface area (Å²) in [6, 6.07) is 10.1. The van der Waals surface area contributed by atoms with Gasteiger partial charge in [0.25, 0.3) is 5.56 Å². The number of methoxy groups -OCH3 is 1. The molecule has 3 aromatic rings. The zero-order valence-electron chi connectivity index (χ0n) is 13.6. The molecular formula is C18H20N2O2S. The number of hydrogen-bond acceptors (Lipinski definition) is 4. The van der Waals surface area contributed by atoms with E-state index in [4.69, 9.17) is 9.72 Å². The smallest absolute Gasteiger partial charge is 0.262 e. The number of fused-ring (bicyclic) bond motifs is 1. The standard InChI is InChI=1S/C18H20N2O2S/c1-4-14-19-17-16(18(21)20(14)10-11-22-3)15(12(2)23-17)13-8-6-5-7-9-13/h5-9H,4,10-11H2,1-3H3. The van der Waals surface area contributed by atoms with Gasteiger partial charge in [-0.2, -0.15) is 0 Å².